The molecule has 2 aliphatic heterocycles. The SMILES string of the molecule is N#CCC1(n2ccc(-c3ncnc4[nH]ccc34)c2)CN(C2CCN(C(=O)Nc3ccc(Cl)cc3C#N)CC2)C1. The Morgan fingerprint density at radius 3 is 2.77 bits per heavy atom. The summed E-state index contributed by atoms with van der Waals surface area (Å²) in [7, 11) is 0. The number of carbonyl (C=O) groups is 1. The molecule has 0 saturated carbocycles. The minimum absolute atomic E-state index is 0.212. The number of H-pyrrole nitrogens is 1. The first kappa shape index (κ1) is 24.9. The molecule has 2 saturated heterocycles. The Hall–Kier alpha value is -4.38. The Kier molecular flexibility index (Phi) is 6.43. The van der Waals surface area contributed by atoms with Gasteiger partial charge in [0.05, 0.1) is 35.0 Å². The van der Waals surface area contributed by atoms with E-state index in [-0.39, 0.29) is 11.6 Å². The van der Waals surface area contributed by atoms with Crippen molar-refractivity contribution in [3.05, 3.63) is 65.8 Å². The number of hydrogen-bond donors (Lipinski definition) is 2. The summed E-state index contributed by atoms with van der Waals surface area (Å²) in [6.45, 7) is 2.82. The predicted octanol–water partition coefficient (Wildman–Crippen LogP) is 4.57. The first-order valence-electron chi connectivity index (χ1n) is 12.8. The van der Waals surface area contributed by atoms with E-state index >= 15 is 0 Å². The summed E-state index contributed by atoms with van der Waals surface area (Å²) >= 11 is 5.97. The summed E-state index contributed by atoms with van der Waals surface area (Å²) < 4.78 is 2.17. The van der Waals surface area contributed by atoms with E-state index in [1.165, 1.54) is 0 Å². The molecule has 4 aromatic rings. The molecule has 2 N–H and O–H groups in total. The Labute approximate surface area is 230 Å². The second-order valence-corrected chi connectivity index (χ2v) is 10.6. The fourth-order valence-electron chi connectivity index (χ4n) is 5.76. The van der Waals surface area contributed by atoms with Gasteiger partial charge in [-0.25, -0.2) is 14.8 Å². The number of fused-ring (bicyclic) bond motifs is 1. The second-order valence-electron chi connectivity index (χ2n) is 10.2. The third-order valence-electron chi connectivity index (χ3n) is 7.88. The van der Waals surface area contributed by atoms with Crippen LogP contribution in [0.3, 0.4) is 0 Å². The minimum atomic E-state index is -0.284. The Morgan fingerprint density at radius 1 is 1.18 bits per heavy atom. The van der Waals surface area contributed by atoms with E-state index < -0.39 is 0 Å². The molecule has 0 unspecified atom stereocenters. The molecular formula is C28H26ClN9O. The molecule has 5 heterocycles. The molecule has 0 bridgehead atoms. The lowest BCUT2D eigenvalue weighted by atomic mass is 9.83. The number of nitrogens with one attached hydrogen (secondary N) is 2. The van der Waals surface area contributed by atoms with Gasteiger partial charge >= 0.3 is 6.03 Å². The standard InChI is InChI=1S/C28H26ClN9O/c29-21-1-2-24(20(13-21)14-31)35-27(39)36-10-5-22(6-11-36)37-16-28(17-37,7-8-30)38-12-4-19(15-38)25-23-3-9-32-26(23)34-18-33-25/h1-4,9,12-13,15,18,22H,5-7,10-11,16-17H2,(H,35,39)(H,32,33,34). The van der Waals surface area contributed by atoms with Crippen LogP contribution in [-0.2, 0) is 5.54 Å². The van der Waals surface area contributed by atoms with Crippen LogP contribution in [0.4, 0.5) is 10.5 Å². The highest BCUT2D eigenvalue weighted by atomic mass is 35.5. The molecule has 6 rings (SSSR count). The van der Waals surface area contributed by atoms with Gasteiger partial charge in [-0.3, -0.25) is 4.90 Å². The molecule has 0 spiro atoms. The molecule has 2 aliphatic rings. The molecule has 10 nitrogen and oxygen atoms in total. The fraction of sp³-hybridized carbons (Fsp3) is 0.321. The number of aromatic nitrogens is 4. The van der Waals surface area contributed by atoms with Gasteiger partial charge < -0.3 is 19.8 Å². The maximum Gasteiger partial charge on any atom is 0.321 e. The molecule has 1 aromatic carbocycles. The van der Waals surface area contributed by atoms with Crippen molar-refractivity contribution in [2.24, 2.45) is 0 Å². The van der Waals surface area contributed by atoms with Gasteiger partial charge in [-0.15, -0.1) is 0 Å². The van der Waals surface area contributed by atoms with E-state index in [4.69, 9.17) is 11.6 Å². The van der Waals surface area contributed by atoms with Crippen LogP contribution in [0.5, 0.6) is 0 Å². The molecule has 39 heavy (non-hydrogen) atoms. The third-order valence-corrected chi connectivity index (χ3v) is 8.12. The average molecular weight is 540 g/mol. The number of halogens is 1. The number of piperidine rings is 1. The Morgan fingerprint density at radius 2 is 2.00 bits per heavy atom. The normalized spacial score (nSPS) is 17.4. The summed E-state index contributed by atoms with van der Waals surface area (Å²) in [5.41, 5.74) is 3.18. The number of benzene rings is 1. The van der Waals surface area contributed by atoms with Crippen molar-refractivity contribution >= 4 is 34.4 Å². The van der Waals surface area contributed by atoms with Crippen molar-refractivity contribution in [2.45, 2.75) is 30.8 Å². The number of amides is 2. The molecule has 11 heteroatoms. The molecule has 0 aliphatic carbocycles. The lowest BCUT2D eigenvalue weighted by molar-refractivity contribution is -0.0332. The predicted molar refractivity (Wildman–Crippen MR) is 147 cm³/mol. The quantitative estimate of drug-likeness (QED) is 0.382. The number of urea groups is 1. The van der Waals surface area contributed by atoms with Gasteiger partial charge in [0.15, 0.2) is 0 Å². The van der Waals surface area contributed by atoms with E-state index in [9.17, 15) is 15.3 Å². The van der Waals surface area contributed by atoms with Crippen molar-refractivity contribution in [1.82, 2.24) is 29.3 Å². The van der Waals surface area contributed by atoms with Crippen LogP contribution in [0, 0.1) is 22.7 Å². The van der Waals surface area contributed by atoms with Crippen LogP contribution in [0.2, 0.25) is 5.02 Å². The summed E-state index contributed by atoms with van der Waals surface area (Å²) in [5.74, 6) is 0. The monoisotopic (exact) mass is 539 g/mol. The summed E-state index contributed by atoms with van der Waals surface area (Å²) in [5, 5.41) is 23.3. The zero-order chi connectivity index (χ0) is 27.0. The maximum atomic E-state index is 12.8. The lowest BCUT2D eigenvalue weighted by Crippen LogP contribution is -2.66. The van der Waals surface area contributed by atoms with Crippen LogP contribution >= 0.6 is 11.6 Å². The molecule has 2 amide bonds. The maximum absolute atomic E-state index is 12.8. The third kappa shape index (κ3) is 4.59. The molecular weight excluding hydrogens is 514 g/mol. The van der Waals surface area contributed by atoms with Crippen molar-refractivity contribution < 1.29 is 4.79 Å². The molecule has 196 valence electrons. The number of aromatic amines is 1. The number of anilines is 1. The van der Waals surface area contributed by atoms with Gasteiger partial charge in [0.25, 0.3) is 0 Å². The molecule has 0 atom stereocenters. The number of nitriles is 2. The molecule has 3 aromatic heterocycles. The van der Waals surface area contributed by atoms with E-state index in [2.05, 4.69) is 48.1 Å². The zero-order valence-corrected chi connectivity index (χ0v) is 21.9. The van der Waals surface area contributed by atoms with Gasteiger partial charge in [-0.2, -0.15) is 10.5 Å². The molecule has 2 fully saturated rings. The largest absolute Gasteiger partial charge is 0.346 e. The number of nitrogens with zero attached hydrogens (tertiary/aromatic N) is 7. The molecule has 0 radical (unpaired) electrons. The zero-order valence-electron chi connectivity index (χ0n) is 21.1. The van der Waals surface area contributed by atoms with E-state index in [0.29, 0.717) is 41.8 Å². The minimum Gasteiger partial charge on any atom is -0.346 e. The van der Waals surface area contributed by atoms with Crippen LogP contribution in [0.1, 0.15) is 24.8 Å². The Bertz CT molecular complexity index is 1610. The van der Waals surface area contributed by atoms with Crippen molar-refractivity contribution in [2.75, 3.05) is 31.5 Å². The van der Waals surface area contributed by atoms with Crippen LogP contribution in [0.25, 0.3) is 22.3 Å². The van der Waals surface area contributed by atoms with Gasteiger partial charge in [0.1, 0.15) is 18.0 Å². The lowest BCUT2D eigenvalue weighted by Gasteiger charge is -2.54. The van der Waals surface area contributed by atoms with Crippen LogP contribution in [-0.4, -0.2) is 67.6 Å². The van der Waals surface area contributed by atoms with Gasteiger partial charge in [0.2, 0.25) is 0 Å². The van der Waals surface area contributed by atoms with Crippen molar-refractivity contribution in [1.29, 1.82) is 10.5 Å². The van der Waals surface area contributed by atoms with E-state index in [1.807, 2.05) is 24.5 Å². The van der Waals surface area contributed by atoms with Gasteiger partial charge in [0, 0.05) is 66.8 Å². The topological polar surface area (TPSA) is 130 Å². The van der Waals surface area contributed by atoms with Crippen LogP contribution in [0.15, 0.2) is 55.2 Å². The number of carbonyl (C=O) groups excluding carboxylic acids is 1. The van der Waals surface area contributed by atoms with Crippen molar-refractivity contribution in [3.8, 4) is 23.4 Å². The van der Waals surface area contributed by atoms with Gasteiger partial charge in [-0.05, 0) is 43.2 Å². The van der Waals surface area contributed by atoms with E-state index in [1.54, 1.807) is 29.4 Å². The number of rotatable bonds is 5. The van der Waals surface area contributed by atoms with Gasteiger partial charge in [-0.1, -0.05) is 11.6 Å². The first-order chi connectivity index (χ1) is 19.0. The fourth-order valence-corrected chi connectivity index (χ4v) is 5.93. The van der Waals surface area contributed by atoms with Crippen molar-refractivity contribution in [3.63, 3.8) is 0 Å². The average Bonchev–Trinajstić information content (AvgIpc) is 3.62. The van der Waals surface area contributed by atoms with E-state index in [0.717, 1.165) is 48.2 Å². The highest BCUT2D eigenvalue weighted by molar-refractivity contribution is 6.30. The number of likely N-dealkylation sites (tertiary alicyclic amines) is 2. The number of hydrogen-bond acceptors (Lipinski definition) is 6. The summed E-state index contributed by atoms with van der Waals surface area (Å²) in [6, 6.07) is 13.5. The second kappa shape index (κ2) is 10.1. The smallest absolute Gasteiger partial charge is 0.321 e. The highest BCUT2D eigenvalue weighted by Crippen LogP contribution is 2.38. The Balaban J connectivity index is 1.09. The first-order valence-corrected chi connectivity index (χ1v) is 13.2. The highest BCUT2D eigenvalue weighted by Gasteiger charge is 2.47. The summed E-state index contributed by atoms with van der Waals surface area (Å²) in [4.78, 5) is 29.0. The van der Waals surface area contributed by atoms with Crippen LogP contribution < -0.4 is 5.32 Å². The summed E-state index contributed by atoms with van der Waals surface area (Å²) in [6.07, 6.45) is 9.68.